The number of hydrogen-bond acceptors (Lipinski definition) is 7. The third-order valence-corrected chi connectivity index (χ3v) is 6.32. The number of aromatic nitrogens is 2. The smallest absolute Gasteiger partial charge is 0.293 e. The summed E-state index contributed by atoms with van der Waals surface area (Å²) in [6.07, 6.45) is 1.49. The van der Waals surface area contributed by atoms with Crippen LogP contribution in [-0.2, 0) is 13.0 Å². The van der Waals surface area contributed by atoms with E-state index in [0.29, 0.717) is 0 Å². The van der Waals surface area contributed by atoms with Gasteiger partial charge in [-0.3, -0.25) is 9.69 Å². The van der Waals surface area contributed by atoms with Crippen LogP contribution in [0.4, 0.5) is 0 Å². The molecule has 1 aromatic heterocycles. The molecule has 0 saturated carbocycles. The summed E-state index contributed by atoms with van der Waals surface area (Å²) >= 11 is 0. The first kappa shape index (κ1) is 24.6. The molecule has 1 fully saturated rings. The summed E-state index contributed by atoms with van der Waals surface area (Å²) in [5.74, 6) is 5.63. The van der Waals surface area contributed by atoms with Crippen LogP contribution in [0.2, 0.25) is 0 Å². The van der Waals surface area contributed by atoms with Crippen LogP contribution in [0.1, 0.15) is 33.9 Å². The van der Waals surface area contributed by atoms with Crippen LogP contribution in [0, 0.1) is 11.8 Å². The van der Waals surface area contributed by atoms with Gasteiger partial charge < -0.3 is 25.6 Å². The van der Waals surface area contributed by atoms with Gasteiger partial charge >= 0.3 is 0 Å². The molecule has 35 heavy (non-hydrogen) atoms. The van der Waals surface area contributed by atoms with E-state index < -0.39 is 11.3 Å². The van der Waals surface area contributed by atoms with Crippen LogP contribution in [0.3, 0.4) is 0 Å². The van der Waals surface area contributed by atoms with Gasteiger partial charge in [0.15, 0.2) is 0 Å². The van der Waals surface area contributed by atoms with Gasteiger partial charge in [-0.1, -0.05) is 36.1 Å². The molecule has 1 aliphatic heterocycles. The lowest BCUT2D eigenvalue weighted by molar-refractivity contribution is 0.0946. The van der Waals surface area contributed by atoms with Gasteiger partial charge in [0.2, 0.25) is 5.75 Å². The zero-order chi connectivity index (χ0) is 24.6. The Morgan fingerprint density at radius 1 is 1.06 bits per heavy atom. The van der Waals surface area contributed by atoms with Crippen molar-refractivity contribution in [3.05, 3.63) is 93.2 Å². The molecule has 0 radical (unpaired) electrons. The van der Waals surface area contributed by atoms with Gasteiger partial charge in [0.1, 0.15) is 0 Å². The summed E-state index contributed by atoms with van der Waals surface area (Å²) < 4.78 is 0. The number of aliphatic hydroxyl groups is 2. The minimum atomic E-state index is -0.594. The highest BCUT2D eigenvalue weighted by Crippen LogP contribution is 2.22. The van der Waals surface area contributed by atoms with E-state index in [-0.39, 0.29) is 37.3 Å². The molecule has 2 atom stereocenters. The van der Waals surface area contributed by atoms with Crippen LogP contribution < -0.4 is 10.9 Å². The molecule has 182 valence electrons. The minimum absolute atomic E-state index is 0.141. The Labute approximate surface area is 204 Å². The lowest BCUT2D eigenvalue weighted by atomic mass is 9.94. The number of hydrogen-bond donors (Lipinski definition) is 5. The van der Waals surface area contributed by atoms with Crippen LogP contribution in [0.15, 0.2) is 59.7 Å². The second-order valence-corrected chi connectivity index (χ2v) is 8.69. The van der Waals surface area contributed by atoms with Crippen molar-refractivity contribution in [3.63, 3.8) is 0 Å². The average molecular weight is 475 g/mol. The van der Waals surface area contributed by atoms with Gasteiger partial charge in [-0.15, -0.1) is 0 Å². The van der Waals surface area contributed by atoms with Crippen LogP contribution in [0.5, 0.6) is 5.75 Å². The summed E-state index contributed by atoms with van der Waals surface area (Å²) in [6.45, 7) is 3.48. The molecule has 0 aliphatic carbocycles. The first-order valence-corrected chi connectivity index (χ1v) is 11.7. The maximum atomic E-state index is 11.6. The number of piperazine rings is 1. The molecule has 1 saturated heterocycles. The molecular weight excluding hydrogens is 444 g/mol. The highest BCUT2D eigenvalue weighted by molar-refractivity contribution is 5.44. The molecule has 2 heterocycles. The van der Waals surface area contributed by atoms with Gasteiger partial charge in [-0.05, 0) is 35.4 Å². The number of H-pyrrole nitrogens is 1. The molecular formula is C27H30N4O4. The van der Waals surface area contributed by atoms with Crippen molar-refractivity contribution in [1.82, 2.24) is 20.2 Å². The van der Waals surface area contributed by atoms with Crippen molar-refractivity contribution in [2.45, 2.75) is 24.9 Å². The second kappa shape index (κ2) is 11.8. The first-order valence-electron chi connectivity index (χ1n) is 11.7. The van der Waals surface area contributed by atoms with Crippen molar-refractivity contribution >= 4 is 0 Å². The highest BCUT2D eigenvalue weighted by atomic mass is 16.3. The summed E-state index contributed by atoms with van der Waals surface area (Å²) in [7, 11) is 0. The van der Waals surface area contributed by atoms with E-state index in [2.05, 4.69) is 44.2 Å². The van der Waals surface area contributed by atoms with Crippen LogP contribution in [0.25, 0.3) is 0 Å². The number of benzene rings is 2. The fourth-order valence-corrected chi connectivity index (χ4v) is 4.20. The third kappa shape index (κ3) is 6.35. The van der Waals surface area contributed by atoms with Crippen molar-refractivity contribution in [3.8, 4) is 17.6 Å². The largest absolute Gasteiger partial charge is 0.502 e. The summed E-state index contributed by atoms with van der Waals surface area (Å²) in [4.78, 5) is 20.2. The predicted molar refractivity (Wildman–Crippen MR) is 133 cm³/mol. The Morgan fingerprint density at radius 2 is 1.74 bits per heavy atom. The molecule has 5 N–H and O–H groups in total. The quantitative estimate of drug-likeness (QED) is 0.324. The molecule has 0 amide bonds. The Bertz CT molecular complexity index is 1230. The zero-order valence-electron chi connectivity index (χ0n) is 19.4. The van der Waals surface area contributed by atoms with Crippen LogP contribution >= 0.6 is 0 Å². The monoisotopic (exact) mass is 474 g/mol. The Morgan fingerprint density at radius 3 is 2.40 bits per heavy atom. The van der Waals surface area contributed by atoms with E-state index in [1.54, 1.807) is 0 Å². The van der Waals surface area contributed by atoms with Gasteiger partial charge in [-0.2, -0.15) is 0 Å². The van der Waals surface area contributed by atoms with E-state index in [9.17, 15) is 20.1 Å². The lowest BCUT2D eigenvalue weighted by Gasteiger charge is -2.35. The van der Waals surface area contributed by atoms with Crippen molar-refractivity contribution < 1.29 is 15.3 Å². The molecule has 4 rings (SSSR count). The number of aliphatic hydroxyl groups excluding tert-OH is 2. The van der Waals surface area contributed by atoms with E-state index >= 15 is 0 Å². The average Bonchev–Trinajstić information content (AvgIpc) is 2.90. The van der Waals surface area contributed by atoms with Gasteiger partial charge in [0.25, 0.3) is 5.56 Å². The van der Waals surface area contributed by atoms with E-state index in [4.69, 9.17) is 0 Å². The fourth-order valence-electron chi connectivity index (χ4n) is 4.20. The number of rotatable bonds is 7. The van der Waals surface area contributed by atoms with Gasteiger partial charge in [-0.25, -0.2) is 4.98 Å². The molecule has 8 nitrogen and oxygen atoms in total. The van der Waals surface area contributed by atoms with Crippen molar-refractivity contribution in [2.24, 2.45) is 0 Å². The number of aromatic hydroxyl groups is 1. The highest BCUT2D eigenvalue weighted by Gasteiger charge is 2.21. The Hall–Kier alpha value is -3.48. The minimum Gasteiger partial charge on any atom is -0.502 e. The van der Waals surface area contributed by atoms with E-state index in [1.165, 1.54) is 11.9 Å². The molecule has 1 unspecified atom stereocenters. The van der Waals surface area contributed by atoms with Gasteiger partial charge in [0, 0.05) is 55.7 Å². The molecule has 1 aliphatic rings. The SMILES string of the molecule is O=c1[nH]cnc(CC(CO)c2ccc(C#Cc3ccc(CN4CCNC[C@H]4CO)cc3)cc2)c1O. The number of nitrogens with zero attached hydrogens (tertiary/aromatic N) is 2. The van der Waals surface area contributed by atoms with Gasteiger partial charge in [0.05, 0.1) is 25.2 Å². The predicted octanol–water partition coefficient (Wildman–Crippen LogP) is 0.960. The topological polar surface area (TPSA) is 122 Å². The maximum Gasteiger partial charge on any atom is 0.293 e. The summed E-state index contributed by atoms with van der Waals surface area (Å²) in [5.41, 5.74) is 3.49. The third-order valence-electron chi connectivity index (χ3n) is 6.32. The standard InChI is InChI=1S/C27H30N4O4/c32-16-23(13-25-26(34)27(35)30-18-29-25)22-9-7-20(8-10-22)2-1-19-3-5-21(6-4-19)15-31-12-11-28-14-24(31)17-33/h3-10,18,23-24,28,32-34H,11-17H2,(H,29,30,35)/t23?,24-/m0/s1. The Balaban J connectivity index is 1.39. The lowest BCUT2D eigenvalue weighted by Crippen LogP contribution is -2.52. The molecule has 8 heteroatoms. The molecule has 3 aromatic rings. The second-order valence-electron chi connectivity index (χ2n) is 8.69. The molecule has 2 aromatic carbocycles. The first-order chi connectivity index (χ1) is 17.1. The van der Waals surface area contributed by atoms with Crippen molar-refractivity contribution in [2.75, 3.05) is 32.8 Å². The van der Waals surface area contributed by atoms with Crippen molar-refractivity contribution in [1.29, 1.82) is 0 Å². The normalized spacial score (nSPS) is 16.9. The summed E-state index contributed by atoms with van der Waals surface area (Å²) in [5, 5.41) is 32.6. The summed E-state index contributed by atoms with van der Waals surface area (Å²) in [6, 6.07) is 15.9. The fraction of sp³-hybridized carbons (Fsp3) is 0.333. The molecule has 0 spiro atoms. The van der Waals surface area contributed by atoms with Crippen LogP contribution in [-0.4, -0.2) is 69.1 Å². The maximum absolute atomic E-state index is 11.6. The molecule has 0 bridgehead atoms. The Kier molecular flexibility index (Phi) is 8.29. The zero-order valence-corrected chi connectivity index (χ0v) is 19.4. The van der Waals surface area contributed by atoms with E-state index in [1.807, 2.05) is 36.4 Å². The van der Waals surface area contributed by atoms with E-state index in [0.717, 1.165) is 42.9 Å². The number of nitrogens with one attached hydrogen (secondary N) is 2. The number of aromatic amines is 1.